The molecule has 0 aliphatic rings. The minimum atomic E-state index is -0.151. The molecule has 0 spiro atoms. The van der Waals surface area contributed by atoms with Crippen LogP contribution in [0, 0.1) is 5.92 Å². The van der Waals surface area contributed by atoms with Crippen LogP contribution in [0.25, 0.3) is 0 Å². The van der Waals surface area contributed by atoms with Gasteiger partial charge in [0.1, 0.15) is 5.75 Å². The van der Waals surface area contributed by atoms with Crippen LogP contribution in [0.3, 0.4) is 0 Å². The van der Waals surface area contributed by atoms with E-state index >= 15 is 0 Å². The summed E-state index contributed by atoms with van der Waals surface area (Å²) in [5.74, 6) is 0.940. The average molecular weight is 278 g/mol. The zero-order chi connectivity index (χ0) is 15.0. The van der Waals surface area contributed by atoms with Crippen LogP contribution < -0.4 is 15.8 Å². The number of hydrogen-bond donors (Lipinski definition) is 2. The fourth-order valence-electron chi connectivity index (χ4n) is 2.09. The molecule has 1 rings (SSSR count). The molecule has 1 aromatic rings. The van der Waals surface area contributed by atoms with E-state index in [-0.39, 0.29) is 5.91 Å². The van der Waals surface area contributed by atoms with Gasteiger partial charge in [0, 0.05) is 18.8 Å². The van der Waals surface area contributed by atoms with E-state index in [4.69, 9.17) is 10.5 Å². The Labute approximate surface area is 121 Å². The van der Waals surface area contributed by atoms with Crippen molar-refractivity contribution in [1.29, 1.82) is 0 Å². The van der Waals surface area contributed by atoms with E-state index in [1.165, 1.54) is 12.8 Å². The lowest BCUT2D eigenvalue weighted by atomic mass is 10.0. The molecule has 20 heavy (non-hydrogen) atoms. The van der Waals surface area contributed by atoms with Gasteiger partial charge in [0.25, 0.3) is 5.91 Å². The molecule has 0 fully saturated rings. The smallest absolute Gasteiger partial charge is 0.254 e. The highest BCUT2D eigenvalue weighted by molar-refractivity contribution is 5.97. The number of unbranched alkanes of at least 4 members (excludes halogenated alkanes) is 1. The minimum Gasteiger partial charge on any atom is -0.492 e. The predicted octanol–water partition coefficient (Wildman–Crippen LogP) is 3.22. The van der Waals surface area contributed by atoms with Gasteiger partial charge in [-0.2, -0.15) is 0 Å². The predicted molar refractivity (Wildman–Crippen MR) is 83.0 cm³/mol. The van der Waals surface area contributed by atoms with Crippen molar-refractivity contribution in [2.75, 3.05) is 19.4 Å². The summed E-state index contributed by atoms with van der Waals surface area (Å²) in [5.41, 5.74) is 6.92. The van der Waals surface area contributed by atoms with Crippen LogP contribution in [-0.2, 0) is 0 Å². The van der Waals surface area contributed by atoms with Crippen LogP contribution in [0.4, 0.5) is 5.69 Å². The molecule has 0 heterocycles. The first-order valence-electron chi connectivity index (χ1n) is 7.36. The largest absolute Gasteiger partial charge is 0.492 e. The fourth-order valence-corrected chi connectivity index (χ4v) is 2.09. The molecule has 4 nitrogen and oxygen atoms in total. The normalized spacial score (nSPS) is 11.9. The number of benzene rings is 1. The summed E-state index contributed by atoms with van der Waals surface area (Å²) in [7, 11) is 1.61. The number of rotatable bonds is 8. The quantitative estimate of drug-likeness (QED) is 0.718. The molecule has 1 aromatic carbocycles. The van der Waals surface area contributed by atoms with E-state index in [0.717, 1.165) is 12.8 Å². The summed E-state index contributed by atoms with van der Waals surface area (Å²) < 4.78 is 5.85. The minimum absolute atomic E-state index is 0.151. The van der Waals surface area contributed by atoms with Crippen LogP contribution in [0.5, 0.6) is 5.75 Å². The highest BCUT2D eigenvalue weighted by atomic mass is 16.5. The van der Waals surface area contributed by atoms with E-state index in [1.54, 1.807) is 25.2 Å². The van der Waals surface area contributed by atoms with E-state index in [1.807, 2.05) is 0 Å². The van der Waals surface area contributed by atoms with E-state index in [9.17, 15) is 4.79 Å². The number of carbonyl (C=O) groups excluding carboxylic acids is 1. The van der Waals surface area contributed by atoms with Crippen molar-refractivity contribution in [2.24, 2.45) is 5.92 Å². The molecule has 0 saturated heterocycles. The molecule has 3 N–H and O–H groups in total. The van der Waals surface area contributed by atoms with E-state index in [2.05, 4.69) is 19.2 Å². The topological polar surface area (TPSA) is 64.3 Å². The van der Waals surface area contributed by atoms with Gasteiger partial charge in [-0.3, -0.25) is 4.79 Å². The first kappa shape index (κ1) is 16.3. The maximum Gasteiger partial charge on any atom is 0.254 e. The highest BCUT2D eigenvalue weighted by Gasteiger charge is 2.13. The number of hydrogen-bond acceptors (Lipinski definition) is 3. The molecule has 0 aliphatic heterocycles. The zero-order valence-corrected chi connectivity index (χ0v) is 12.7. The van der Waals surface area contributed by atoms with Gasteiger partial charge in [-0.25, -0.2) is 0 Å². The van der Waals surface area contributed by atoms with Crippen molar-refractivity contribution in [3.63, 3.8) is 0 Å². The third kappa shape index (κ3) is 4.76. The van der Waals surface area contributed by atoms with E-state index in [0.29, 0.717) is 29.5 Å². The molecule has 1 unspecified atom stereocenters. The Morgan fingerprint density at radius 3 is 2.75 bits per heavy atom. The summed E-state index contributed by atoms with van der Waals surface area (Å²) in [4.78, 5) is 11.8. The molecule has 0 bridgehead atoms. The standard InChI is InChI=1S/C16H26N2O2/c1-4-6-7-12(5-2)11-20-15-10-13(17)8-9-14(15)16(19)18-3/h8-10,12H,4-7,11,17H2,1-3H3,(H,18,19). The lowest BCUT2D eigenvalue weighted by molar-refractivity contribution is 0.0957. The van der Waals surface area contributed by atoms with Crippen LogP contribution in [0.15, 0.2) is 18.2 Å². The Balaban J connectivity index is 2.74. The summed E-state index contributed by atoms with van der Waals surface area (Å²) in [6.45, 7) is 4.99. The number of nitrogens with two attached hydrogens (primary N) is 1. The Hall–Kier alpha value is -1.71. The van der Waals surface area contributed by atoms with E-state index < -0.39 is 0 Å². The van der Waals surface area contributed by atoms with Gasteiger partial charge in [0.15, 0.2) is 0 Å². The first-order valence-corrected chi connectivity index (χ1v) is 7.36. The second-order valence-corrected chi connectivity index (χ2v) is 5.06. The number of amides is 1. The van der Waals surface area contributed by atoms with Crippen LogP contribution >= 0.6 is 0 Å². The van der Waals surface area contributed by atoms with Crippen LogP contribution in [-0.4, -0.2) is 19.6 Å². The molecule has 0 radical (unpaired) electrons. The Morgan fingerprint density at radius 2 is 2.15 bits per heavy atom. The lowest BCUT2D eigenvalue weighted by Crippen LogP contribution is -2.20. The molecule has 1 amide bonds. The summed E-state index contributed by atoms with van der Waals surface area (Å²) in [6, 6.07) is 5.14. The van der Waals surface area contributed by atoms with Crippen LogP contribution in [0.1, 0.15) is 49.9 Å². The van der Waals surface area contributed by atoms with Crippen molar-refractivity contribution in [3.05, 3.63) is 23.8 Å². The highest BCUT2D eigenvalue weighted by Crippen LogP contribution is 2.23. The SMILES string of the molecule is CCCCC(CC)COc1cc(N)ccc1C(=O)NC. The van der Waals surface area contributed by atoms with Gasteiger partial charge in [0.05, 0.1) is 12.2 Å². The second kappa shape index (κ2) is 8.46. The molecular weight excluding hydrogens is 252 g/mol. The molecule has 0 aromatic heterocycles. The number of nitrogens with one attached hydrogen (secondary N) is 1. The molecule has 4 heteroatoms. The number of nitrogen functional groups attached to an aromatic ring is 1. The average Bonchev–Trinajstić information content (AvgIpc) is 2.47. The van der Waals surface area contributed by atoms with Gasteiger partial charge in [-0.15, -0.1) is 0 Å². The summed E-state index contributed by atoms with van der Waals surface area (Å²) in [6.07, 6.45) is 4.64. The molecule has 0 saturated carbocycles. The Morgan fingerprint density at radius 1 is 1.40 bits per heavy atom. The number of carbonyl (C=O) groups is 1. The number of anilines is 1. The Bertz CT molecular complexity index is 432. The van der Waals surface area contributed by atoms with Crippen molar-refractivity contribution in [2.45, 2.75) is 39.5 Å². The monoisotopic (exact) mass is 278 g/mol. The van der Waals surface area contributed by atoms with Gasteiger partial charge in [0.2, 0.25) is 0 Å². The van der Waals surface area contributed by atoms with Crippen molar-refractivity contribution >= 4 is 11.6 Å². The summed E-state index contributed by atoms with van der Waals surface area (Å²) in [5, 5.41) is 2.62. The van der Waals surface area contributed by atoms with Crippen LogP contribution in [0.2, 0.25) is 0 Å². The van der Waals surface area contributed by atoms with Crippen molar-refractivity contribution in [1.82, 2.24) is 5.32 Å². The van der Waals surface area contributed by atoms with Crippen molar-refractivity contribution in [3.8, 4) is 5.75 Å². The lowest BCUT2D eigenvalue weighted by Gasteiger charge is -2.17. The van der Waals surface area contributed by atoms with Gasteiger partial charge >= 0.3 is 0 Å². The Kier molecular flexibility index (Phi) is 6.91. The van der Waals surface area contributed by atoms with Crippen molar-refractivity contribution < 1.29 is 9.53 Å². The zero-order valence-electron chi connectivity index (χ0n) is 12.7. The third-order valence-corrected chi connectivity index (χ3v) is 3.50. The van der Waals surface area contributed by atoms with Gasteiger partial charge < -0.3 is 15.8 Å². The fraction of sp³-hybridized carbons (Fsp3) is 0.562. The second-order valence-electron chi connectivity index (χ2n) is 5.06. The number of ether oxygens (including phenoxy) is 1. The molecule has 1 atom stereocenters. The maximum atomic E-state index is 11.8. The van der Waals surface area contributed by atoms with Gasteiger partial charge in [-0.1, -0.05) is 33.1 Å². The third-order valence-electron chi connectivity index (χ3n) is 3.50. The molecular formula is C16H26N2O2. The first-order chi connectivity index (χ1) is 9.62. The maximum absolute atomic E-state index is 11.8. The molecule has 112 valence electrons. The molecule has 0 aliphatic carbocycles. The van der Waals surface area contributed by atoms with Gasteiger partial charge in [-0.05, 0) is 24.5 Å². The summed E-state index contributed by atoms with van der Waals surface area (Å²) >= 11 is 0.